The fourth-order valence-electron chi connectivity index (χ4n) is 3.74. The van der Waals surface area contributed by atoms with Gasteiger partial charge in [-0.2, -0.15) is 0 Å². The molecule has 4 aromatic rings. The molecule has 0 aliphatic heterocycles. The van der Waals surface area contributed by atoms with E-state index in [-0.39, 0.29) is 26.3 Å². The number of aliphatic hydroxyl groups excluding tert-OH is 1. The maximum atomic E-state index is 13.2. The van der Waals surface area contributed by atoms with Gasteiger partial charge in [0.05, 0.1) is 31.7 Å². The molecule has 0 fully saturated rings. The van der Waals surface area contributed by atoms with Crippen LogP contribution < -0.4 is 11.2 Å². The van der Waals surface area contributed by atoms with Crippen molar-refractivity contribution >= 4 is 38.3 Å². The third-order valence-electron chi connectivity index (χ3n) is 5.23. The van der Waals surface area contributed by atoms with Gasteiger partial charge in [0, 0.05) is 0 Å². The number of fused-ring (bicyclic) bond motifs is 2. The van der Waals surface area contributed by atoms with Gasteiger partial charge < -0.3 is 9.84 Å². The van der Waals surface area contributed by atoms with E-state index < -0.39 is 17.2 Å². The largest absolute Gasteiger partial charge is 0.462 e. The minimum absolute atomic E-state index is 0.116. The zero-order valence-electron chi connectivity index (χ0n) is 17.3. The lowest BCUT2D eigenvalue weighted by atomic mass is 10.1. The van der Waals surface area contributed by atoms with E-state index in [1.54, 1.807) is 13.8 Å². The van der Waals surface area contributed by atoms with Crippen LogP contribution in [-0.4, -0.2) is 33.4 Å². The van der Waals surface area contributed by atoms with E-state index in [1.807, 2.05) is 42.5 Å². The van der Waals surface area contributed by atoms with Gasteiger partial charge in [-0.25, -0.2) is 9.59 Å². The molecule has 4 rings (SSSR count). The van der Waals surface area contributed by atoms with Crippen LogP contribution in [0, 0.1) is 6.92 Å². The Morgan fingerprint density at radius 3 is 2.55 bits per heavy atom. The molecule has 2 heterocycles. The highest BCUT2D eigenvalue weighted by Gasteiger charge is 2.23. The number of rotatable bonds is 6. The average molecular weight is 439 g/mol. The van der Waals surface area contributed by atoms with Gasteiger partial charge in [-0.3, -0.25) is 13.9 Å². The maximum absolute atomic E-state index is 13.2. The number of hydrogen-bond acceptors (Lipinski definition) is 6. The molecule has 0 aliphatic carbocycles. The molecular formula is C23H22N2O5S. The van der Waals surface area contributed by atoms with Crippen molar-refractivity contribution in [1.29, 1.82) is 0 Å². The minimum atomic E-state index is -0.517. The smallest absolute Gasteiger partial charge is 0.348 e. The number of hydrogen-bond donors (Lipinski definition) is 1. The lowest BCUT2D eigenvalue weighted by Gasteiger charge is -2.12. The number of carbonyl (C=O) groups is 1. The summed E-state index contributed by atoms with van der Waals surface area (Å²) in [6, 6.07) is 13.9. The minimum Gasteiger partial charge on any atom is -0.462 e. The summed E-state index contributed by atoms with van der Waals surface area (Å²) in [5, 5.41) is 11.8. The van der Waals surface area contributed by atoms with Crippen LogP contribution in [0.3, 0.4) is 0 Å². The second kappa shape index (κ2) is 8.49. The van der Waals surface area contributed by atoms with Crippen LogP contribution in [0.2, 0.25) is 0 Å². The zero-order chi connectivity index (χ0) is 22.1. The summed E-state index contributed by atoms with van der Waals surface area (Å²) in [7, 11) is 0. The molecule has 160 valence electrons. The first kappa shape index (κ1) is 21.0. The molecule has 2 aromatic heterocycles. The lowest BCUT2D eigenvalue weighted by molar-refractivity contribution is 0.0531. The number of nitrogens with zero attached hydrogens (tertiary/aromatic N) is 2. The molecule has 0 unspecified atom stereocenters. The van der Waals surface area contributed by atoms with Gasteiger partial charge in [-0.15, -0.1) is 11.3 Å². The molecule has 0 saturated heterocycles. The van der Waals surface area contributed by atoms with Crippen LogP contribution in [0.25, 0.3) is 21.0 Å². The van der Waals surface area contributed by atoms with Gasteiger partial charge in [0.1, 0.15) is 9.71 Å². The van der Waals surface area contributed by atoms with Crippen LogP contribution in [0.5, 0.6) is 0 Å². The molecule has 7 nitrogen and oxygen atoms in total. The molecular weight excluding hydrogens is 416 g/mol. The first-order chi connectivity index (χ1) is 15.0. The Labute approximate surface area is 181 Å². The highest BCUT2D eigenvalue weighted by atomic mass is 32.1. The van der Waals surface area contributed by atoms with E-state index in [1.165, 1.54) is 4.57 Å². The Hall–Kier alpha value is -3.23. The fraction of sp³-hybridized carbons (Fsp3) is 0.261. The van der Waals surface area contributed by atoms with Crippen molar-refractivity contribution in [3.05, 3.63) is 79.3 Å². The van der Waals surface area contributed by atoms with Gasteiger partial charge in [-0.1, -0.05) is 36.4 Å². The van der Waals surface area contributed by atoms with Crippen LogP contribution >= 0.6 is 11.3 Å². The quantitative estimate of drug-likeness (QED) is 0.468. The number of aliphatic hydroxyl groups is 1. The van der Waals surface area contributed by atoms with Crippen LogP contribution in [0.15, 0.2) is 52.1 Å². The molecule has 0 saturated carbocycles. The Bertz CT molecular complexity index is 1410. The summed E-state index contributed by atoms with van der Waals surface area (Å²) in [4.78, 5) is 39.4. The van der Waals surface area contributed by atoms with Crippen molar-refractivity contribution in [1.82, 2.24) is 9.13 Å². The summed E-state index contributed by atoms with van der Waals surface area (Å²) >= 11 is 1.09. The van der Waals surface area contributed by atoms with Crippen LogP contribution in [-0.2, 0) is 17.8 Å². The number of esters is 1. The standard InChI is InChI=1S/C23H22N2O5S/c1-3-30-22(28)19-14(2)18-20(27)24(10-11-26)23(29)25(21(18)31-19)13-15-8-9-16-6-4-5-7-17(16)12-15/h4-9,12,26H,3,10-11,13H2,1-2H3. The molecule has 0 amide bonds. The topological polar surface area (TPSA) is 90.5 Å². The van der Waals surface area contributed by atoms with Gasteiger partial charge >= 0.3 is 11.7 Å². The fourth-order valence-corrected chi connectivity index (χ4v) is 4.93. The van der Waals surface area contributed by atoms with E-state index in [0.717, 1.165) is 32.2 Å². The summed E-state index contributed by atoms with van der Waals surface area (Å²) in [5.41, 5.74) is 0.354. The van der Waals surface area contributed by atoms with Crippen molar-refractivity contribution in [2.24, 2.45) is 0 Å². The molecule has 31 heavy (non-hydrogen) atoms. The highest BCUT2D eigenvalue weighted by Crippen LogP contribution is 2.29. The van der Waals surface area contributed by atoms with E-state index in [0.29, 0.717) is 20.7 Å². The SMILES string of the molecule is CCOC(=O)c1sc2c(c1C)c(=O)n(CCO)c(=O)n2Cc1ccc2ccccc2c1. The molecule has 0 aliphatic rings. The molecule has 1 N–H and O–H groups in total. The highest BCUT2D eigenvalue weighted by molar-refractivity contribution is 7.20. The zero-order valence-corrected chi connectivity index (χ0v) is 18.1. The van der Waals surface area contributed by atoms with Crippen molar-refractivity contribution in [3.8, 4) is 0 Å². The van der Waals surface area contributed by atoms with E-state index in [2.05, 4.69) is 0 Å². The molecule has 8 heteroatoms. The molecule has 2 aromatic carbocycles. The van der Waals surface area contributed by atoms with Crippen LogP contribution in [0.1, 0.15) is 27.7 Å². The van der Waals surface area contributed by atoms with E-state index >= 15 is 0 Å². The number of carbonyl (C=O) groups excluding carboxylic acids is 1. The third-order valence-corrected chi connectivity index (χ3v) is 6.53. The second-order valence-electron chi connectivity index (χ2n) is 7.19. The number of thiophene rings is 1. The first-order valence-electron chi connectivity index (χ1n) is 9.98. The average Bonchev–Trinajstić information content (AvgIpc) is 3.11. The number of ether oxygens (including phenoxy) is 1. The maximum Gasteiger partial charge on any atom is 0.348 e. The van der Waals surface area contributed by atoms with Crippen LogP contribution in [0.4, 0.5) is 0 Å². The second-order valence-corrected chi connectivity index (χ2v) is 8.19. The molecule has 0 spiro atoms. The summed E-state index contributed by atoms with van der Waals surface area (Å²) in [6.07, 6.45) is 0. The van der Waals surface area contributed by atoms with Crippen molar-refractivity contribution in [3.63, 3.8) is 0 Å². The van der Waals surface area contributed by atoms with Gasteiger partial charge in [0.2, 0.25) is 0 Å². The first-order valence-corrected chi connectivity index (χ1v) is 10.8. The van der Waals surface area contributed by atoms with E-state index in [4.69, 9.17) is 4.74 Å². The Kier molecular flexibility index (Phi) is 5.75. The molecule has 0 atom stereocenters. The van der Waals surface area contributed by atoms with Gasteiger partial charge in [0.15, 0.2) is 0 Å². The normalized spacial score (nSPS) is 11.3. The van der Waals surface area contributed by atoms with Crippen molar-refractivity contribution < 1.29 is 14.6 Å². The predicted molar refractivity (Wildman–Crippen MR) is 121 cm³/mol. The lowest BCUT2D eigenvalue weighted by Crippen LogP contribution is -2.40. The summed E-state index contributed by atoms with van der Waals surface area (Å²) in [6.45, 7) is 3.38. The monoisotopic (exact) mass is 438 g/mol. The summed E-state index contributed by atoms with van der Waals surface area (Å²) in [5.74, 6) is -0.515. The molecule has 0 bridgehead atoms. The van der Waals surface area contributed by atoms with Gasteiger partial charge in [-0.05, 0) is 41.8 Å². The predicted octanol–water partition coefficient (Wildman–Crippen LogP) is 2.90. The number of aryl methyl sites for hydroxylation is 1. The number of aromatic nitrogens is 2. The summed E-state index contributed by atoms with van der Waals surface area (Å²) < 4.78 is 7.65. The van der Waals surface area contributed by atoms with Gasteiger partial charge in [0.25, 0.3) is 5.56 Å². The Morgan fingerprint density at radius 2 is 1.84 bits per heavy atom. The number of benzene rings is 2. The Balaban J connectivity index is 1.95. The Morgan fingerprint density at radius 1 is 1.10 bits per heavy atom. The van der Waals surface area contributed by atoms with E-state index in [9.17, 15) is 19.5 Å². The van der Waals surface area contributed by atoms with Crippen molar-refractivity contribution in [2.45, 2.75) is 26.9 Å². The van der Waals surface area contributed by atoms with Crippen molar-refractivity contribution in [2.75, 3.05) is 13.2 Å². The third kappa shape index (κ3) is 3.68. The molecule has 0 radical (unpaired) electrons.